The minimum absolute atomic E-state index is 0.669. The van der Waals surface area contributed by atoms with Crippen molar-refractivity contribution in [1.82, 2.24) is 4.98 Å². The van der Waals surface area contributed by atoms with Gasteiger partial charge in [-0.05, 0) is 24.3 Å². The largest absolute Gasteiger partial charge is 0.495 e. The highest BCUT2D eigenvalue weighted by Gasteiger charge is 2.16. The molecule has 1 N–H and O–H groups in total. The van der Waals surface area contributed by atoms with E-state index in [2.05, 4.69) is 10.3 Å². The molecule has 3 aromatic rings. The van der Waals surface area contributed by atoms with Crippen molar-refractivity contribution in [2.75, 3.05) is 38.5 Å². The lowest BCUT2D eigenvalue weighted by Gasteiger charge is -2.20. The van der Waals surface area contributed by atoms with Crippen LogP contribution in [0.15, 0.2) is 47.5 Å². The second kappa shape index (κ2) is 7.40. The van der Waals surface area contributed by atoms with E-state index in [1.807, 2.05) is 54.4 Å². The van der Waals surface area contributed by atoms with Crippen molar-refractivity contribution < 1.29 is 9.47 Å². The predicted octanol–water partition coefficient (Wildman–Crippen LogP) is 3.85. The van der Waals surface area contributed by atoms with Gasteiger partial charge in [-0.3, -0.25) is 9.89 Å². The maximum atomic E-state index is 5.40. The number of para-hydroxylation sites is 3. The van der Waals surface area contributed by atoms with Gasteiger partial charge in [0.25, 0.3) is 0 Å². The Labute approximate surface area is 150 Å². The second-order valence-corrected chi connectivity index (χ2v) is 6.24. The molecule has 0 aliphatic carbocycles. The van der Waals surface area contributed by atoms with Gasteiger partial charge >= 0.3 is 0 Å². The van der Waals surface area contributed by atoms with Gasteiger partial charge in [-0.15, -0.1) is 0 Å². The maximum Gasteiger partial charge on any atom is 0.204 e. The van der Waals surface area contributed by atoms with Crippen molar-refractivity contribution in [3.63, 3.8) is 0 Å². The summed E-state index contributed by atoms with van der Waals surface area (Å²) in [6.07, 6.45) is 0. The third-order valence-corrected chi connectivity index (χ3v) is 4.86. The molecule has 3 rings (SSSR count). The summed E-state index contributed by atoms with van der Waals surface area (Å²) < 4.78 is 11.8. The standard InChI is InChI=1S/C18H20N4O2S/c1-19-17(20-12-8-5-6-9-13(12)23-3)22(2)18-21-16-14(24-4)10-7-11-15(16)25-18/h5-11H,1-4H3,(H,19,20). The summed E-state index contributed by atoms with van der Waals surface area (Å²) in [5.41, 5.74) is 1.70. The van der Waals surface area contributed by atoms with Crippen LogP contribution in [0.2, 0.25) is 0 Å². The van der Waals surface area contributed by atoms with Crippen LogP contribution in [0, 0.1) is 0 Å². The second-order valence-electron chi connectivity index (χ2n) is 5.23. The van der Waals surface area contributed by atoms with Crippen molar-refractivity contribution in [1.29, 1.82) is 0 Å². The molecule has 6 nitrogen and oxygen atoms in total. The average molecular weight is 356 g/mol. The Bertz CT molecular complexity index is 907. The fourth-order valence-corrected chi connectivity index (χ4v) is 3.42. The van der Waals surface area contributed by atoms with E-state index < -0.39 is 0 Å². The Hall–Kier alpha value is -2.80. The van der Waals surface area contributed by atoms with Crippen LogP contribution >= 0.6 is 11.3 Å². The van der Waals surface area contributed by atoms with Crippen molar-refractivity contribution >= 4 is 38.3 Å². The lowest BCUT2D eigenvalue weighted by molar-refractivity contribution is 0.417. The third kappa shape index (κ3) is 3.36. The zero-order valence-corrected chi connectivity index (χ0v) is 15.4. The number of benzene rings is 2. The monoisotopic (exact) mass is 356 g/mol. The highest BCUT2D eigenvalue weighted by Crippen LogP contribution is 2.34. The van der Waals surface area contributed by atoms with Crippen molar-refractivity contribution in [2.24, 2.45) is 4.99 Å². The number of rotatable bonds is 4. The first-order valence-electron chi connectivity index (χ1n) is 7.72. The zero-order valence-electron chi connectivity index (χ0n) is 14.6. The molecule has 0 amide bonds. The first-order chi connectivity index (χ1) is 12.2. The summed E-state index contributed by atoms with van der Waals surface area (Å²) in [4.78, 5) is 11.0. The highest BCUT2D eigenvalue weighted by atomic mass is 32.1. The van der Waals surface area contributed by atoms with E-state index in [0.717, 1.165) is 32.5 Å². The fraction of sp³-hybridized carbons (Fsp3) is 0.222. The fourth-order valence-electron chi connectivity index (χ4n) is 2.47. The number of nitrogens with one attached hydrogen (secondary N) is 1. The van der Waals surface area contributed by atoms with Crippen molar-refractivity contribution in [3.8, 4) is 11.5 Å². The van der Waals surface area contributed by atoms with Gasteiger partial charge in [-0.2, -0.15) is 0 Å². The molecule has 0 aliphatic heterocycles. The number of nitrogens with zero attached hydrogens (tertiary/aromatic N) is 3. The van der Waals surface area contributed by atoms with Crippen LogP contribution in [0.25, 0.3) is 10.2 Å². The van der Waals surface area contributed by atoms with E-state index in [9.17, 15) is 0 Å². The molecule has 0 fully saturated rings. The summed E-state index contributed by atoms with van der Waals surface area (Å²) in [6.45, 7) is 0. The van der Waals surface area contributed by atoms with E-state index in [1.165, 1.54) is 0 Å². The minimum Gasteiger partial charge on any atom is -0.495 e. The van der Waals surface area contributed by atoms with E-state index in [4.69, 9.17) is 14.5 Å². The molecule has 2 aromatic carbocycles. The minimum atomic E-state index is 0.669. The summed E-state index contributed by atoms with van der Waals surface area (Å²) >= 11 is 1.58. The molecule has 0 atom stereocenters. The van der Waals surface area contributed by atoms with Gasteiger partial charge in [0.15, 0.2) is 5.13 Å². The normalized spacial score (nSPS) is 11.4. The van der Waals surface area contributed by atoms with Crippen molar-refractivity contribution in [2.45, 2.75) is 0 Å². The van der Waals surface area contributed by atoms with E-state index in [1.54, 1.807) is 32.6 Å². The smallest absolute Gasteiger partial charge is 0.204 e. The lowest BCUT2D eigenvalue weighted by atomic mass is 10.3. The molecule has 0 spiro atoms. The number of thiazole rings is 1. The Balaban J connectivity index is 1.91. The van der Waals surface area contributed by atoms with Crippen LogP contribution < -0.4 is 19.7 Å². The van der Waals surface area contributed by atoms with Gasteiger partial charge in [-0.25, -0.2) is 4.98 Å². The van der Waals surface area contributed by atoms with Crippen LogP contribution in [0.3, 0.4) is 0 Å². The van der Waals surface area contributed by atoms with Gasteiger partial charge in [0.2, 0.25) is 5.96 Å². The van der Waals surface area contributed by atoms with E-state index in [0.29, 0.717) is 5.96 Å². The van der Waals surface area contributed by atoms with Crippen LogP contribution in [-0.4, -0.2) is 39.3 Å². The quantitative estimate of drug-likeness (QED) is 0.568. The molecule has 0 radical (unpaired) electrons. The molecule has 1 aromatic heterocycles. The third-order valence-electron chi connectivity index (χ3n) is 3.76. The summed E-state index contributed by atoms with van der Waals surface area (Å²) in [7, 11) is 6.96. The number of methoxy groups -OCH3 is 2. The van der Waals surface area contributed by atoms with E-state index in [-0.39, 0.29) is 0 Å². The van der Waals surface area contributed by atoms with Crippen molar-refractivity contribution in [3.05, 3.63) is 42.5 Å². The number of anilines is 2. The van der Waals surface area contributed by atoms with E-state index >= 15 is 0 Å². The van der Waals surface area contributed by atoms with Crippen LogP contribution in [-0.2, 0) is 0 Å². The molecule has 0 saturated carbocycles. The molecule has 130 valence electrons. The number of aromatic nitrogens is 1. The van der Waals surface area contributed by atoms with Gasteiger partial charge in [0, 0.05) is 14.1 Å². The molecule has 25 heavy (non-hydrogen) atoms. The number of guanidine groups is 1. The Morgan fingerprint density at radius 3 is 2.52 bits per heavy atom. The van der Waals surface area contributed by atoms with Crippen LogP contribution in [0.4, 0.5) is 10.8 Å². The molecule has 0 saturated heterocycles. The van der Waals surface area contributed by atoms with Crippen LogP contribution in [0.5, 0.6) is 11.5 Å². The number of fused-ring (bicyclic) bond motifs is 1. The highest BCUT2D eigenvalue weighted by molar-refractivity contribution is 7.22. The topological polar surface area (TPSA) is 59.0 Å². The molecular weight excluding hydrogens is 336 g/mol. The predicted molar refractivity (Wildman–Crippen MR) is 105 cm³/mol. The molecule has 1 heterocycles. The molecule has 0 aliphatic rings. The molecule has 0 unspecified atom stereocenters. The number of ether oxygens (including phenoxy) is 2. The molecule has 7 heteroatoms. The molecule has 0 bridgehead atoms. The summed E-state index contributed by atoms with van der Waals surface area (Å²) in [6, 6.07) is 13.6. The number of hydrogen-bond donors (Lipinski definition) is 1. The van der Waals surface area contributed by atoms with Gasteiger partial charge < -0.3 is 14.8 Å². The Morgan fingerprint density at radius 1 is 1.08 bits per heavy atom. The zero-order chi connectivity index (χ0) is 17.8. The first-order valence-corrected chi connectivity index (χ1v) is 8.53. The lowest BCUT2D eigenvalue weighted by Crippen LogP contribution is -2.33. The Kier molecular flexibility index (Phi) is 5.04. The van der Waals surface area contributed by atoms with Crippen LogP contribution in [0.1, 0.15) is 0 Å². The Morgan fingerprint density at radius 2 is 1.80 bits per heavy atom. The maximum absolute atomic E-state index is 5.40. The summed E-state index contributed by atoms with van der Waals surface area (Å²) in [5, 5.41) is 4.13. The SMILES string of the molecule is CN=C(Nc1ccccc1OC)N(C)c1nc2c(OC)cccc2s1. The number of aliphatic imine (C=N–C) groups is 1. The first kappa shape index (κ1) is 17.0. The van der Waals surface area contributed by atoms with Gasteiger partial charge in [0.1, 0.15) is 17.0 Å². The number of hydrogen-bond acceptors (Lipinski definition) is 5. The van der Waals surface area contributed by atoms with Gasteiger partial charge in [0.05, 0.1) is 24.6 Å². The average Bonchev–Trinajstić information content (AvgIpc) is 3.10. The summed E-state index contributed by atoms with van der Waals surface area (Å²) in [5.74, 6) is 2.19. The molecular formula is C18H20N4O2S. The van der Waals surface area contributed by atoms with Gasteiger partial charge in [-0.1, -0.05) is 29.5 Å².